The summed E-state index contributed by atoms with van der Waals surface area (Å²) in [5, 5.41) is 3.63. The zero-order valence-electron chi connectivity index (χ0n) is 13.5. The number of nitrogens with zero attached hydrogens (tertiary/aromatic N) is 1. The van der Waals surface area contributed by atoms with Gasteiger partial charge in [0.25, 0.3) is 0 Å². The summed E-state index contributed by atoms with van der Waals surface area (Å²) in [6, 6.07) is 0. The highest BCUT2D eigenvalue weighted by Crippen LogP contribution is 2.28. The summed E-state index contributed by atoms with van der Waals surface area (Å²) in [6.45, 7) is 12.8. The lowest BCUT2D eigenvalue weighted by Crippen LogP contribution is -2.48. The second-order valence-corrected chi connectivity index (χ2v) is 6.12. The molecule has 3 heteroatoms. The van der Waals surface area contributed by atoms with Gasteiger partial charge in [-0.05, 0) is 50.6 Å². The van der Waals surface area contributed by atoms with Crippen LogP contribution in [0.1, 0.15) is 52.9 Å². The van der Waals surface area contributed by atoms with Crippen LogP contribution in [0.2, 0.25) is 0 Å². The Bertz CT molecular complexity index is 229. The Morgan fingerprint density at radius 2 is 2.00 bits per heavy atom. The Kier molecular flexibility index (Phi) is 7.96. The minimum atomic E-state index is 0.435. The molecule has 1 rings (SSSR count). The molecule has 0 aromatic carbocycles. The first-order valence-electron chi connectivity index (χ1n) is 8.15. The van der Waals surface area contributed by atoms with Crippen molar-refractivity contribution >= 4 is 0 Å². The molecule has 1 saturated heterocycles. The summed E-state index contributed by atoms with van der Waals surface area (Å²) in [7, 11) is 1.85. The van der Waals surface area contributed by atoms with Crippen LogP contribution in [-0.4, -0.2) is 50.8 Å². The molecule has 0 amide bonds. The minimum Gasteiger partial charge on any atom is -0.380 e. The van der Waals surface area contributed by atoms with Crippen LogP contribution in [0, 0.1) is 5.41 Å². The number of likely N-dealkylation sites (tertiary alicyclic amines) is 1. The summed E-state index contributed by atoms with van der Waals surface area (Å²) in [5.41, 5.74) is 0.435. The molecule has 0 radical (unpaired) electrons. The topological polar surface area (TPSA) is 24.5 Å². The molecule has 0 aromatic rings. The first kappa shape index (κ1) is 16.9. The van der Waals surface area contributed by atoms with Gasteiger partial charge in [0.15, 0.2) is 0 Å². The van der Waals surface area contributed by atoms with Crippen molar-refractivity contribution in [1.29, 1.82) is 0 Å². The second-order valence-electron chi connectivity index (χ2n) is 6.12. The third-order valence-corrected chi connectivity index (χ3v) is 4.78. The van der Waals surface area contributed by atoms with Crippen LogP contribution in [0.25, 0.3) is 0 Å². The lowest BCUT2D eigenvalue weighted by molar-refractivity contribution is 0.0122. The summed E-state index contributed by atoms with van der Waals surface area (Å²) in [6.07, 6.45) is 6.70. The molecule has 1 heterocycles. The molecule has 0 spiro atoms. The minimum absolute atomic E-state index is 0.435. The van der Waals surface area contributed by atoms with Gasteiger partial charge in [-0.1, -0.05) is 20.8 Å². The molecule has 1 fully saturated rings. The van der Waals surface area contributed by atoms with E-state index in [-0.39, 0.29) is 0 Å². The van der Waals surface area contributed by atoms with Gasteiger partial charge in [-0.25, -0.2) is 0 Å². The number of rotatable bonds is 9. The lowest BCUT2D eigenvalue weighted by Gasteiger charge is -2.40. The van der Waals surface area contributed by atoms with E-state index >= 15 is 0 Å². The van der Waals surface area contributed by atoms with Gasteiger partial charge < -0.3 is 15.0 Å². The van der Waals surface area contributed by atoms with Crippen molar-refractivity contribution in [2.75, 3.05) is 39.8 Å². The molecule has 1 N–H and O–H groups in total. The Morgan fingerprint density at radius 3 is 2.58 bits per heavy atom. The van der Waals surface area contributed by atoms with Gasteiger partial charge in [0.1, 0.15) is 0 Å². The molecular formula is C16H34N2O. The highest BCUT2D eigenvalue weighted by atomic mass is 16.5. The number of piperidine rings is 1. The third-order valence-electron chi connectivity index (χ3n) is 4.78. The second kappa shape index (κ2) is 8.93. The van der Waals surface area contributed by atoms with E-state index in [1.54, 1.807) is 0 Å². The Labute approximate surface area is 120 Å². The van der Waals surface area contributed by atoms with E-state index < -0.39 is 0 Å². The monoisotopic (exact) mass is 270 g/mol. The fraction of sp³-hybridized carbons (Fsp3) is 1.00. The van der Waals surface area contributed by atoms with Crippen LogP contribution >= 0.6 is 0 Å². The first-order valence-corrected chi connectivity index (χ1v) is 8.15. The summed E-state index contributed by atoms with van der Waals surface area (Å²) in [4.78, 5) is 2.62. The summed E-state index contributed by atoms with van der Waals surface area (Å²) >= 11 is 0. The number of hydrogen-bond donors (Lipinski definition) is 1. The zero-order valence-corrected chi connectivity index (χ0v) is 13.5. The van der Waals surface area contributed by atoms with E-state index in [1.807, 2.05) is 7.11 Å². The van der Waals surface area contributed by atoms with Crippen LogP contribution in [0.4, 0.5) is 0 Å². The lowest BCUT2D eigenvalue weighted by atomic mass is 9.81. The maximum absolute atomic E-state index is 5.54. The summed E-state index contributed by atoms with van der Waals surface area (Å²) in [5.74, 6) is 0. The van der Waals surface area contributed by atoms with E-state index in [2.05, 4.69) is 31.0 Å². The van der Waals surface area contributed by atoms with Crippen molar-refractivity contribution in [2.45, 2.75) is 59.0 Å². The van der Waals surface area contributed by atoms with Crippen LogP contribution in [0.3, 0.4) is 0 Å². The average Bonchev–Trinajstić information content (AvgIpc) is 2.46. The quantitative estimate of drug-likeness (QED) is 0.652. The van der Waals surface area contributed by atoms with E-state index in [9.17, 15) is 0 Å². The molecule has 19 heavy (non-hydrogen) atoms. The van der Waals surface area contributed by atoms with Crippen LogP contribution in [0.5, 0.6) is 0 Å². The first-order chi connectivity index (χ1) is 9.19. The number of nitrogens with one attached hydrogen (secondary N) is 1. The van der Waals surface area contributed by atoms with Gasteiger partial charge in [0.05, 0.1) is 6.10 Å². The standard InChI is InChI=1S/C16H34N2O/c1-5-10-17-13-16(6-2,7-3)14-18-11-8-9-15(12-18)19-4/h15,17H,5-14H2,1-4H3. The fourth-order valence-corrected chi connectivity index (χ4v) is 3.13. The molecule has 0 saturated carbocycles. The molecule has 114 valence electrons. The SMILES string of the molecule is CCCNCC(CC)(CC)CN1CCCC(OC)C1. The maximum atomic E-state index is 5.54. The number of hydrogen-bond acceptors (Lipinski definition) is 3. The van der Waals surface area contributed by atoms with E-state index in [0.717, 1.165) is 19.6 Å². The molecule has 0 aliphatic carbocycles. The van der Waals surface area contributed by atoms with Crippen molar-refractivity contribution in [1.82, 2.24) is 10.2 Å². The van der Waals surface area contributed by atoms with E-state index in [1.165, 1.54) is 45.2 Å². The molecule has 1 unspecified atom stereocenters. The van der Waals surface area contributed by atoms with Gasteiger partial charge in [-0.15, -0.1) is 0 Å². The van der Waals surface area contributed by atoms with Gasteiger partial charge in [0.2, 0.25) is 0 Å². The predicted molar refractivity (Wildman–Crippen MR) is 82.6 cm³/mol. The van der Waals surface area contributed by atoms with E-state index in [0.29, 0.717) is 11.5 Å². The highest BCUT2D eigenvalue weighted by molar-refractivity contribution is 4.85. The van der Waals surface area contributed by atoms with Gasteiger partial charge in [0, 0.05) is 26.7 Å². The van der Waals surface area contributed by atoms with Crippen LogP contribution in [-0.2, 0) is 4.74 Å². The molecule has 0 bridgehead atoms. The predicted octanol–water partition coefficient (Wildman–Crippen LogP) is 2.90. The van der Waals surface area contributed by atoms with Crippen molar-refractivity contribution in [2.24, 2.45) is 5.41 Å². The van der Waals surface area contributed by atoms with Crippen molar-refractivity contribution < 1.29 is 4.74 Å². The molecular weight excluding hydrogens is 236 g/mol. The Hall–Kier alpha value is -0.120. The third kappa shape index (κ3) is 5.41. The summed E-state index contributed by atoms with van der Waals surface area (Å²) < 4.78 is 5.54. The zero-order chi connectivity index (χ0) is 14.1. The van der Waals surface area contributed by atoms with Gasteiger partial charge in [-0.2, -0.15) is 0 Å². The fourth-order valence-electron chi connectivity index (χ4n) is 3.13. The van der Waals surface area contributed by atoms with Crippen LogP contribution in [0.15, 0.2) is 0 Å². The van der Waals surface area contributed by atoms with Crippen molar-refractivity contribution in [3.8, 4) is 0 Å². The molecule has 1 aliphatic heterocycles. The molecule has 1 atom stereocenters. The van der Waals surface area contributed by atoms with Crippen LogP contribution < -0.4 is 5.32 Å². The number of methoxy groups -OCH3 is 1. The normalized spacial score (nSPS) is 21.8. The van der Waals surface area contributed by atoms with E-state index in [4.69, 9.17) is 4.74 Å². The molecule has 1 aliphatic rings. The highest BCUT2D eigenvalue weighted by Gasteiger charge is 2.30. The van der Waals surface area contributed by atoms with Crippen molar-refractivity contribution in [3.63, 3.8) is 0 Å². The average molecular weight is 270 g/mol. The largest absolute Gasteiger partial charge is 0.380 e. The van der Waals surface area contributed by atoms with Gasteiger partial charge >= 0.3 is 0 Å². The van der Waals surface area contributed by atoms with Crippen molar-refractivity contribution in [3.05, 3.63) is 0 Å². The van der Waals surface area contributed by atoms with Gasteiger partial charge in [-0.3, -0.25) is 0 Å². The number of ether oxygens (including phenoxy) is 1. The Morgan fingerprint density at radius 1 is 1.26 bits per heavy atom. The smallest absolute Gasteiger partial charge is 0.0698 e. The molecule has 3 nitrogen and oxygen atoms in total. The maximum Gasteiger partial charge on any atom is 0.0698 e. The molecule has 0 aromatic heterocycles. The Balaban J connectivity index is 2.51.